The molecule has 39 heavy (non-hydrogen) atoms. The first-order chi connectivity index (χ1) is 18.7. The minimum Gasteiger partial charge on any atom is -0.495 e. The molecular weight excluding hydrogens is 520 g/mol. The van der Waals surface area contributed by atoms with E-state index in [1.165, 1.54) is 6.20 Å². The van der Waals surface area contributed by atoms with Crippen molar-refractivity contribution in [2.75, 3.05) is 39.6 Å². The summed E-state index contributed by atoms with van der Waals surface area (Å²) in [6, 6.07) is 9.30. The Hall–Kier alpha value is -3.44. The molecule has 1 amide bonds. The highest BCUT2D eigenvalue weighted by atomic mass is 35.5. The highest BCUT2D eigenvalue weighted by Crippen LogP contribution is 2.40. The zero-order valence-electron chi connectivity index (χ0n) is 22.5. The number of halogens is 1. The van der Waals surface area contributed by atoms with Crippen molar-refractivity contribution in [2.24, 2.45) is 0 Å². The van der Waals surface area contributed by atoms with Crippen molar-refractivity contribution >= 4 is 29.1 Å². The van der Waals surface area contributed by atoms with Crippen molar-refractivity contribution < 1.29 is 19.4 Å². The number of nitrogens with one attached hydrogen (secondary N) is 2. The van der Waals surface area contributed by atoms with Crippen LogP contribution in [0.25, 0.3) is 0 Å². The van der Waals surface area contributed by atoms with Crippen molar-refractivity contribution in [3.8, 4) is 17.4 Å². The number of piperidine rings is 1. The molecule has 3 aromatic rings. The molecular formula is C28H33ClN6O4. The predicted octanol–water partition coefficient (Wildman–Crippen LogP) is 4.24. The van der Waals surface area contributed by atoms with Gasteiger partial charge in [0.15, 0.2) is 0 Å². The number of hydrogen-bond acceptors (Lipinski definition) is 9. The lowest BCUT2D eigenvalue weighted by atomic mass is 10.0. The van der Waals surface area contributed by atoms with E-state index in [1.54, 1.807) is 19.2 Å². The number of likely N-dealkylation sites (tertiary alicyclic amines) is 1. The molecule has 2 aliphatic rings. The lowest BCUT2D eigenvalue weighted by Crippen LogP contribution is -2.43. The van der Waals surface area contributed by atoms with Crippen LogP contribution >= 0.6 is 11.6 Å². The van der Waals surface area contributed by atoms with Gasteiger partial charge < -0.3 is 30.1 Å². The van der Waals surface area contributed by atoms with Crippen LogP contribution in [-0.4, -0.2) is 71.1 Å². The van der Waals surface area contributed by atoms with E-state index in [9.17, 15) is 9.90 Å². The van der Waals surface area contributed by atoms with Gasteiger partial charge in [0, 0.05) is 23.7 Å². The molecule has 1 atom stereocenters. The Morgan fingerprint density at radius 1 is 1.18 bits per heavy atom. The van der Waals surface area contributed by atoms with Crippen LogP contribution in [0.2, 0.25) is 5.02 Å². The number of aliphatic hydroxyl groups excluding tert-OH is 1. The smallest absolute Gasteiger partial charge is 0.251 e. The van der Waals surface area contributed by atoms with Gasteiger partial charge in [-0.2, -0.15) is 4.98 Å². The molecule has 3 N–H and O–H groups in total. The van der Waals surface area contributed by atoms with E-state index in [-0.39, 0.29) is 28.8 Å². The minimum atomic E-state index is -0.781. The van der Waals surface area contributed by atoms with Crippen molar-refractivity contribution in [3.63, 3.8) is 0 Å². The number of carbonyl (C=O) groups is 1. The van der Waals surface area contributed by atoms with Gasteiger partial charge in [-0.1, -0.05) is 23.7 Å². The van der Waals surface area contributed by atoms with Gasteiger partial charge in [0.2, 0.25) is 11.8 Å². The van der Waals surface area contributed by atoms with Gasteiger partial charge >= 0.3 is 0 Å². The van der Waals surface area contributed by atoms with Gasteiger partial charge in [-0.25, -0.2) is 4.98 Å². The molecule has 2 aromatic carbocycles. The lowest BCUT2D eigenvalue weighted by molar-refractivity contribution is 0.0325. The number of aliphatic hydroxyl groups is 1. The van der Waals surface area contributed by atoms with Crippen LogP contribution in [0.3, 0.4) is 0 Å². The molecule has 5 rings (SSSR count). The number of methoxy groups -OCH3 is 1. The fourth-order valence-electron chi connectivity index (χ4n) is 5.01. The first kappa shape index (κ1) is 27.1. The number of hydrogen-bond donors (Lipinski definition) is 3. The molecule has 1 aromatic heterocycles. The Bertz CT molecular complexity index is 1380. The molecule has 0 spiro atoms. The van der Waals surface area contributed by atoms with Crippen molar-refractivity contribution in [1.29, 1.82) is 0 Å². The Morgan fingerprint density at radius 2 is 1.95 bits per heavy atom. The molecule has 1 unspecified atom stereocenters. The number of fused-ring (bicyclic) bond motifs is 1. The standard InChI is InChI=1S/C28H33ClN6O4/c1-16-12-21(23(38-4)13-19(16)25(36)31-18-8-10-34(2)11-9-18)32-28-30-14-20(29)26(33-28)39-22-7-5-6-17-15-35(3)27(37)24(17)22/h5-7,12-14,18,27,37H,8-11,15H2,1-4H3,(H,31,36)(H,30,32,33). The molecule has 0 saturated carbocycles. The second-order valence-corrected chi connectivity index (χ2v) is 10.5. The quantitative estimate of drug-likeness (QED) is 0.396. The van der Waals surface area contributed by atoms with E-state index < -0.39 is 6.23 Å². The molecule has 11 heteroatoms. The minimum absolute atomic E-state index is 0.117. The average Bonchev–Trinajstić information content (AvgIpc) is 3.21. The fourth-order valence-corrected chi connectivity index (χ4v) is 5.14. The molecule has 206 valence electrons. The van der Waals surface area contributed by atoms with E-state index in [4.69, 9.17) is 21.1 Å². The largest absolute Gasteiger partial charge is 0.495 e. The molecule has 1 fully saturated rings. The molecule has 0 bridgehead atoms. The summed E-state index contributed by atoms with van der Waals surface area (Å²) in [6.07, 6.45) is 2.52. The van der Waals surface area contributed by atoms with Crippen LogP contribution < -0.4 is 20.1 Å². The highest BCUT2D eigenvalue weighted by molar-refractivity contribution is 6.31. The van der Waals surface area contributed by atoms with E-state index in [2.05, 4.69) is 32.5 Å². The molecule has 0 radical (unpaired) electrons. The van der Waals surface area contributed by atoms with E-state index in [0.717, 1.165) is 37.1 Å². The normalized spacial score (nSPS) is 18.1. The number of anilines is 2. The van der Waals surface area contributed by atoms with Gasteiger partial charge in [-0.05, 0) is 76.3 Å². The summed E-state index contributed by atoms with van der Waals surface area (Å²) in [5.74, 6) is 1.22. The Morgan fingerprint density at radius 3 is 2.69 bits per heavy atom. The first-order valence-corrected chi connectivity index (χ1v) is 13.3. The number of ether oxygens (including phenoxy) is 2. The summed E-state index contributed by atoms with van der Waals surface area (Å²) >= 11 is 6.37. The Balaban J connectivity index is 1.35. The summed E-state index contributed by atoms with van der Waals surface area (Å²) in [6.45, 7) is 4.42. The maximum atomic E-state index is 13.1. The van der Waals surface area contributed by atoms with Gasteiger partial charge in [-0.15, -0.1) is 0 Å². The van der Waals surface area contributed by atoms with Crippen LogP contribution in [-0.2, 0) is 6.54 Å². The average molecular weight is 553 g/mol. The van der Waals surface area contributed by atoms with Crippen molar-refractivity contribution in [2.45, 2.75) is 38.6 Å². The lowest BCUT2D eigenvalue weighted by Gasteiger charge is -2.29. The van der Waals surface area contributed by atoms with E-state index in [0.29, 0.717) is 34.9 Å². The third-order valence-corrected chi connectivity index (χ3v) is 7.52. The zero-order valence-corrected chi connectivity index (χ0v) is 23.2. The van der Waals surface area contributed by atoms with E-state index >= 15 is 0 Å². The number of aryl methyl sites for hydroxylation is 1. The van der Waals surface area contributed by atoms with Crippen LogP contribution in [0.5, 0.6) is 17.4 Å². The third kappa shape index (κ3) is 5.79. The summed E-state index contributed by atoms with van der Waals surface area (Å²) in [7, 11) is 5.48. The Kier molecular flexibility index (Phi) is 7.90. The van der Waals surface area contributed by atoms with Crippen molar-refractivity contribution in [1.82, 2.24) is 25.1 Å². The molecule has 10 nitrogen and oxygen atoms in total. The molecule has 0 aliphatic carbocycles. The van der Waals surface area contributed by atoms with E-state index in [1.807, 2.05) is 37.1 Å². The second kappa shape index (κ2) is 11.4. The molecule has 2 aliphatic heterocycles. The number of carbonyl (C=O) groups excluding carboxylic acids is 1. The highest BCUT2D eigenvalue weighted by Gasteiger charge is 2.29. The van der Waals surface area contributed by atoms with Gasteiger partial charge in [0.25, 0.3) is 5.91 Å². The summed E-state index contributed by atoms with van der Waals surface area (Å²) in [5.41, 5.74) is 3.60. The predicted molar refractivity (Wildman–Crippen MR) is 149 cm³/mol. The number of benzene rings is 2. The maximum absolute atomic E-state index is 13.1. The molecule has 3 heterocycles. The summed E-state index contributed by atoms with van der Waals surface area (Å²) in [5, 5.41) is 17.1. The van der Waals surface area contributed by atoms with Crippen LogP contribution in [0.4, 0.5) is 11.6 Å². The third-order valence-electron chi connectivity index (χ3n) is 7.26. The monoisotopic (exact) mass is 552 g/mol. The second-order valence-electron chi connectivity index (χ2n) is 10.1. The SMILES string of the molecule is COc1cc(C(=O)NC2CCN(C)CC2)c(C)cc1Nc1ncc(Cl)c(Oc2cccc3c2C(O)N(C)C3)n1. The summed E-state index contributed by atoms with van der Waals surface area (Å²) < 4.78 is 11.7. The fraction of sp³-hybridized carbons (Fsp3) is 0.393. The zero-order chi connectivity index (χ0) is 27.7. The first-order valence-electron chi connectivity index (χ1n) is 12.9. The summed E-state index contributed by atoms with van der Waals surface area (Å²) in [4.78, 5) is 25.9. The number of amides is 1. The van der Waals surface area contributed by atoms with Crippen LogP contribution in [0, 0.1) is 6.92 Å². The van der Waals surface area contributed by atoms with Gasteiger partial charge in [0.1, 0.15) is 22.7 Å². The van der Waals surface area contributed by atoms with Crippen LogP contribution in [0.15, 0.2) is 36.5 Å². The maximum Gasteiger partial charge on any atom is 0.251 e. The number of aromatic nitrogens is 2. The Labute approximate surface area is 232 Å². The number of rotatable bonds is 7. The number of nitrogens with zero attached hydrogens (tertiary/aromatic N) is 4. The van der Waals surface area contributed by atoms with Gasteiger partial charge in [-0.3, -0.25) is 9.69 Å². The van der Waals surface area contributed by atoms with Crippen molar-refractivity contribution in [3.05, 3.63) is 63.8 Å². The van der Waals surface area contributed by atoms with Gasteiger partial charge in [0.05, 0.1) is 19.0 Å². The van der Waals surface area contributed by atoms with Crippen LogP contribution in [0.1, 0.15) is 46.1 Å². The molecule has 1 saturated heterocycles. The topological polar surface area (TPSA) is 112 Å².